The van der Waals surface area contributed by atoms with E-state index in [0.717, 1.165) is 31.6 Å². The Morgan fingerprint density at radius 1 is 1.05 bits per heavy atom. The van der Waals surface area contributed by atoms with Gasteiger partial charge in [0.1, 0.15) is 4.90 Å². The molecule has 1 unspecified atom stereocenters. The number of piperidine rings is 1. The molecule has 0 radical (unpaired) electrons. The molecule has 3 rings (SSSR count). The Kier molecular flexibility index (Phi) is 3.71. The van der Waals surface area contributed by atoms with Crippen LogP contribution in [0, 0.1) is 5.92 Å². The highest BCUT2D eigenvalue weighted by Gasteiger charge is 2.42. The fraction of sp³-hybridized carbons (Fsp3) is 0.600. The Balaban J connectivity index is 2.00. The van der Waals surface area contributed by atoms with Gasteiger partial charge in [0, 0.05) is 14.1 Å². The SMILES string of the molecule is CN1CCC(C2N(C)c3ccccc3S(=O)(=O)N2C)CC1. The van der Waals surface area contributed by atoms with Gasteiger partial charge < -0.3 is 9.80 Å². The van der Waals surface area contributed by atoms with Crippen LogP contribution in [-0.4, -0.2) is 58.0 Å². The molecule has 5 nitrogen and oxygen atoms in total. The summed E-state index contributed by atoms with van der Waals surface area (Å²) in [6, 6.07) is 7.29. The second kappa shape index (κ2) is 5.26. The third-order valence-corrected chi connectivity index (χ3v) is 6.73. The molecule has 0 saturated carbocycles. The molecule has 2 aliphatic rings. The highest BCUT2D eigenvalue weighted by Crippen LogP contribution is 2.38. The van der Waals surface area contributed by atoms with E-state index < -0.39 is 10.0 Å². The van der Waals surface area contributed by atoms with Crippen molar-refractivity contribution in [2.45, 2.75) is 23.9 Å². The Labute approximate surface area is 127 Å². The average Bonchev–Trinajstić information content (AvgIpc) is 2.48. The fourth-order valence-corrected chi connectivity index (χ4v) is 5.23. The van der Waals surface area contributed by atoms with Crippen molar-refractivity contribution in [3.8, 4) is 0 Å². The smallest absolute Gasteiger partial charge is 0.246 e. The van der Waals surface area contributed by atoms with E-state index in [0.29, 0.717) is 10.8 Å². The third kappa shape index (κ3) is 2.35. The molecule has 2 aliphatic heterocycles. The van der Waals surface area contributed by atoms with Crippen LogP contribution in [0.25, 0.3) is 0 Å². The largest absolute Gasteiger partial charge is 0.357 e. The van der Waals surface area contributed by atoms with Gasteiger partial charge in [-0.25, -0.2) is 8.42 Å². The summed E-state index contributed by atoms with van der Waals surface area (Å²) in [4.78, 5) is 4.85. The summed E-state index contributed by atoms with van der Waals surface area (Å²) >= 11 is 0. The lowest BCUT2D eigenvalue weighted by molar-refractivity contribution is 0.153. The number of fused-ring (bicyclic) bond motifs is 1. The quantitative estimate of drug-likeness (QED) is 0.787. The second-order valence-corrected chi connectivity index (χ2v) is 8.12. The van der Waals surface area contributed by atoms with Crippen LogP contribution in [0.1, 0.15) is 12.8 Å². The molecular formula is C15H23N3O2S. The van der Waals surface area contributed by atoms with E-state index in [9.17, 15) is 8.42 Å². The molecule has 1 aromatic carbocycles. The maximum atomic E-state index is 12.8. The van der Waals surface area contributed by atoms with Gasteiger partial charge in [-0.1, -0.05) is 12.1 Å². The molecule has 116 valence electrons. The lowest BCUT2D eigenvalue weighted by Crippen LogP contribution is -2.56. The van der Waals surface area contributed by atoms with Crippen LogP contribution in [0.15, 0.2) is 29.2 Å². The second-order valence-electron chi connectivity index (χ2n) is 6.15. The topological polar surface area (TPSA) is 43.9 Å². The summed E-state index contributed by atoms with van der Waals surface area (Å²) < 4.78 is 27.1. The van der Waals surface area contributed by atoms with Crippen molar-refractivity contribution in [1.82, 2.24) is 9.21 Å². The van der Waals surface area contributed by atoms with Crippen LogP contribution in [0.4, 0.5) is 5.69 Å². The Morgan fingerprint density at radius 3 is 2.33 bits per heavy atom. The minimum Gasteiger partial charge on any atom is -0.357 e. The minimum absolute atomic E-state index is 0.0846. The van der Waals surface area contributed by atoms with E-state index in [2.05, 4.69) is 16.8 Å². The van der Waals surface area contributed by atoms with Gasteiger partial charge in [-0.15, -0.1) is 0 Å². The van der Waals surface area contributed by atoms with Crippen molar-refractivity contribution in [2.75, 3.05) is 39.1 Å². The maximum Gasteiger partial charge on any atom is 0.246 e. The summed E-state index contributed by atoms with van der Waals surface area (Å²) in [5, 5.41) is 0. The van der Waals surface area contributed by atoms with Gasteiger partial charge in [-0.2, -0.15) is 4.31 Å². The summed E-state index contributed by atoms with van der Waals surface area (Å²) in [6.45, 7) is 2.06. The Hall–Kier alpha value is -1.11. The Bertz CT molecular complexity index is 624. The van der Waals surface area contributed by atoms with Crippen molar-refractivity contribution >= 4 is 15.7 Å². The molecule has 0 spiro atoms. The standard InChI is InChI=1S/C15H23N3O2S/c1-16-10-8-12(9-11-16)15-17(2)13-6-4-5-7-14(13)21(19,20)18(15)3/h4-7,12,15H,8-11H2,1-3H3. The lowest BCUT2D eigenvalue weighted by Gasteiger charge is -2.47. The monoisotopic (exact) mass is 309 g/mol. The minimum atomic E-state index is -3.39. The number of sulfonamides is 1. The predicted octanol–water partition coefficient (Wildman–Crippen LogP) is 1.42. The van der Waals surface area contributed by atoms with Gasteiger partial charge in [-0.05, 0) is 51.0 Å². The van der Waals surface area contributed by atoms with Crippen LogP contribution in [0.3, 0.4) is 0 Å². The first-order chi connectivity index (χ1) is 9.93. The van der Waals surface area contributed by atoms with Crippen LogP contribution in [-0.2, 0) is 10.0 Å². The molecule has 2 heterocycles. The molecular weight excluding hydrogens is 286 g/mol. The average molecular weight is 309 g/mol. The molecule has 0 amide bonds. The van der Waals surface area contributed by atoms with E-state index in [1.54, 1.807) is 23.5 Å². The van der Waals surface area contributed by atoms with Gasteiger partial charge in [-0.3, -0.25) is 0 Å². The molecule has 0 aliphatic carbocycles. The van der Waals surface area contributed by atoms with Crippen LogP contribution in [0.2, 0.25) is 0 Å². The molecule has 0 bridgehead atoms. The van der Waals surface area contributed by atoms with E-state index in [1.807, 2.05) is 19.2 Å². The van der Waals surface area contributed by atoms with Gasteiger partial charge in [0.25, 0.3) is 0 Å². The first kappa shape index (κ1) is 14.8. The number of nitrogens with zero attached hydrogens (tertiary/aromatic N) is 3. The number of benzene rings is 1. The van der Waals surface area contributed by atoms with Gasteiger partial charge in [0.2, 0.25) is 10.0 Å². The van der Waals surface area contributed by atoms with E-state index in [4.69, 9.17) is 0 Å². The zero-order chi connectivity index (χ0) is 15.2. The Morgan fingerprint density at radius 2 is 1.67 bits per heavy atom. The summed E-state index contributed by atoms with van der Waals surface area (Å²) in [5.74, 6) is 0.374. The predicted molar refractivity (Wildman–Crippen MR) is 83.8 cm³/mol. The van der Waals surface area contributed by atoms with Crippen LogP contribution < -0.4 is 4.90 Å². The van der Waals surface area contributed by atoms with Crippen molar-refractivity contribution in [3.05, 3.63) is 24.3 Å². The maximum absolute atomic E-state index is 12.8. The molecule has 1 aromatic rings. The number of para-hydroxylation sites is 1. The molecule has 0 N–H and O–H groups in total. The van der Waals surface area contributed by atoms with E-state index >= 15 is 0 Å². The molecule has 6 heteroatoms. The van der Waals surface area contributed by atoms with Gasteiger partial charge in [0.05, 0.1) is 11.9 Å². The first-order valence-electron chi connectivity index (χ1n) is 7.41. The number of hydrogen-bond donors (Lipinski definition) is 0. The number of rotatable bonds is 1. The molecule has 21 heavy (non-hydrogen) atoms. The highest BCUT2D eigenvalue weighted by molar-refractivity contribution is 7.89. The summed E-state index contributed by atoms with van der Waals surface area (Å²) in [7, 11) is 2.45. The van der Waals surface area contributed by atoms with E-state index in [-0.39, 0.29) is 6.17 Å². The molecule has 0 aromatic heterocycles. The van der Waals surface area contributed by atoms with Gasteiger partial charge in [0.15, 0.2) is 0 Å². The van der Waals surface area contributed by atoms with Crippen molar-refractivity contribution < 1.29 is 8.42 Å². The van der Waals surface area contributed by atoms with Crippen molar-refractivity contribution in [3.63, 3.8) is 0 Å². The van der Waals surface area contributed by atoms with Crippen molar-refractivity contribution in [1.29, 1.82) is 0 Å². The molecule has 1 fully saturated rings. The normalized spacial score (nSPS) is 27.6. The third-order valence-electron chi connectivity index (χ3n) is 4.86. The molecule has 1 saturated heterocycles. The molecule has 1 atom stereocenters. The number of likely N-dealkylation sites (tertiary alicyclic amines) is 1. The van der Waals surface area contributed by atoms with Gasteiger partial charge >= 0.3 is 0 Å². The summed E-state index contributed by atoms with van der Waals surface area (Å²) in [5.41, 5.74) is 0.819. The van der Waals surface area contributed by atoms with Crippen LogP contribution >= 0.6 is 0 Å². The zero-order valence-corrected chi connectivity index (χ0v) is 13.7. The van der Waals surface area contributed by atoms with Crippen molar-refractivity contribution in [2.24, 2.45) is 5.92 Å². The number of hydrogen-bond acceptors (Lipinski definition) is 4. The fourth-order valence-electron chi connectivity index (χ4n) is 3.59. The zero-order valence-electron chi connectivity index (χ0n) is 12.9. The lowest BCUT2D eigenvalue weighted by atomic mass is 9.93. The number of anilines is 1. The summed E-state index contributed by atoms with van der Waals surface area (Å²) in [6.07, 6.45) is 1.99. The highest BCUT2D eigenvalue weighted by atomic mass is 32.2. The van der Waals surface area contributed by atoms with E-state index in [1.165, 1.54) is 0 Å². The first-order valence-corrected chi connectivity index (χ1v) is 8.85. The van der Waals surface area contributed by atoms with Crippen LogP contribution in [0.5, 0.6) is 0 Å².